The second-order valence-corrected chi connectivity index (χ2v) is 9.28. The third kappa shape index (κ3) is 5.41. The first-order valence-corrected chi connectivity index (χ1v) is 11.1. The maximum Gasteiger partial charge on any atom is 0.279 e. The van der Waals surface area contributed by atoms with Gasteiger partial charge in [0.1, 0.15) is 0 Å². The average molecular weight is 418 g/mol. The highest BCUT2D eigenvalue weighted by atomic mass is 35.5. The molecule has 0 bridgehead atoms. The third-order valence-corrected chi connectivity index (χ3v) is 6.79. The molecule has 3 atom stereocenters. The summed E-state index contributed by atoms with van der Waals surface area (Å²) in [5.41, 5.74) is 0.924. The minimum absolute atomic E-state index is 0.121. The zero-order chi connectivity index (χ0) is 19.4. The van der Waals surface area contributed by atoms with Crippen LogP contribution in [0.5, 0.6) is 0 Å². The molecule has 9 heteroatoms. The zero-order valence-corrected chi connectivity index (χ0v) is 17.4. The maximum absolute atomic E-state index is 12.9. The normalized spacial score (nSPS) is 26.8. The van der Waals surface area contributed by atoms with Gasteiger partial charge in [0.25, 0.3) is 10.2 Å². The highest BCUT2D eigenvalue weighted by Crippen LogP contribution is 2.28. The van der Waals surface area contributed by atoms with Crippen molar-refractivity contribution in [2.75, 3.05) is 45.9 Å². The van der Waals surface area contributed by atoms with Gasteiger partial charge >= 0.3 is 0 Å². The van der Waals surface area contributed by atoms with Gasteiger partial charge in [0, 0.05) is 37.7 Å². The summed E-state index contributed by atoms with van der Waals surface area (Å²) in [6, 6.07) is 7.45. The SMILES string of the molecule is C[C@@H]1CN(S(=O)(=O)NC[C@H](c2ccccc2Cl)N2CCOCC2)C[C@@H](C)O1. The lowest BCUT2D eigenvalue weighted by atomic mass is 10.0. The quantitative estimate of drug-likeness (QED) is 0.762. The van der Waals surface area contributed by atoms with E-state index in [1.807, 2.05) is 38.1 Å². The molecule has 152 valence electrons. The van der Waals surface area contributed by atoms with E-state index in [0.717, 1.165) is 18.7 Å². The van der Waals surface area contributed by atoms with Crippen LogP contribution in [0.25, 0.3) is 0 Å². The Balaban J connectivity index is 1.75. The predicted molar refractivity (Wildman–Crippen MR) is 105 cm³/mol. The molecule has 2 aliphatic rings. The van der Waals surface area contributed by atoms with Crippen molar-refractivity contribution in [1.29, 1.82) is 0 Å². The van der Waals surface area contributed by atoms with Crippen LogP contribution in [0.3, 0.4) is 0 Å². The maximum atomic E-state index is 12.9. The number of rotatable bonds is 6. The summed E-state index contributed by atoms with van der Waals surface area (Å²) < 4.78 is 41.1. The first kappa shape index (κ1) is 21.0. The van der Waals surface area contributed by atoms with Gasteiger partial charge in [-0.1, -0.05) is 29.8 Å². The van der Waals surface area contributed by atoms with Gasteiger partial charge in [0.05, 0.1) is 31.5 Å². The van der Waals surface area contributed by atoms with E-state index in [2.05, 4.69) is 9.62 Å². The molecule has 0 unspecified atom stereocenters. The van der Waals surface area contributed by atoms with Crippen LogP contribution in [-0.4, -0.2) is 75.8 Å². The van der Waals surface area contributed by atoms with Crippen LogP contribution in [0.15, 0.2) is 24.3 Å². The Morgan fingerprint density at radius 2 is 1.81 bits per heavy atom. The van der Waals surface area contributed by atoms with E-state index in [0.29, 0.717) is 31.3 Å². The second kappa shape index (κ2) is 9.17. The third-order valence-electron chi connectivity index (χ3n) is 4.94. The zero-order valence-electron chi connectivity index (χ0n) is 15.8. The van der Waals surface area contributed by atoms with Gasteiger partial charge in [-0.05, 0) is 25.5 Å². The van der Waals surface area contributed by atoms with E-state index < -0.39 is 10.2 Å². The average Bonchev–Trinajstić information content (AvgIpc) is 2.63. The summed E-state index contributed by atoms with van der Waals surface area (Å²) in [5, 5.41) is 0.641. The number of ether oxygens (including phenoxy) is 2. The molecule has 2 aliphatic heterocycles. The molecule has 0 saturated carbocycles. The summed E-state index contributed by atoms with van der Waals surface area (Å²) in [4.78, 5) is 2.22. The molecule has 1 N–H and O–H groups in total. The molecular formula is C18H28ClN3O4S. The summed E-state index contributed by atoms with van der Waals surface area (Å²) >= 11 is 6.41. The van der Waals surface area contributed by atoms with E-state index >= 15 is 0 Å². The van der Waals surface area contributed by atoms with E-state index in [1.165, 1.54) is 4.31 Å². The van der Waals surface area contributed by atoms with Gasteiger partial charge in [-0.15, -0.1) is 0 Å². The largest absolute Gasteiger partial charge is 0.379 e. The molecule has 0 aromatic heterocycles. The van der Waals surface area contributed by atoms with Crippen molar-refractivity contribution in [3.8, 4) is 0 Å². The summed E-state index contributed by atoms with van der Waals surface area (Å²) in [6.45, 7) is 7.48. The Labute approximate surface area is 166 Å². The fourth-order valence-corrected chi connectivity index (χ4v) is 5.30. The van der Waals surface area contributed by atoms with Crippen LogP contribution in [0.2, 0.25) is 5.02 Å². The predicted octanol–water partition coefficient (Wildman–Crippen LogP) is 1.66. The molecule has 1 aromatic carbocycles. The number of morpholine rings is 2. The fourth-order valence-electron chi connectivity index (χ4n) is 3.67. The number of hydrogen-bond acceptors (Lipinski definition) is 5. The lowest BCUT2D eigenvalue weighted by Crippen LogP contribution is -2.53. The lowest BCUT2D eigenvalue weighted by Gasteiger charge is -2.37. The van der Waals surface area contributed by atoms with E-state index in [9.17, 15) is 8.42 Å². The molecule has 0 aliphatic carbocycles. The highest BCUT2D eigenvalue weighted by molar-refractivity contribution is 7.87. The fraction of sp³-hybridized carbons (Fsp3) is 0.667. The van der Waals surface area contributed by atoms with Gasteiger partial charge in [0.2, 0.25) is 0 Å². The van der Waals surface area contributed by atoms with Gasteiger partial charge < -0.3 is 9.47 Å². The van der Waals surface area contributed by atoms with Crippen LogP contribution in [-0.2, 0) is 19.7 Å². The Bertz CT molecular complexity index is 717. The van der Waals surface area contributed by atoms with Crippen molar-refractivity contribution < 1.29 is 17.9 Å². The summed E-state index contributed by atoms with van der Waals surface area (Å²) in [6.07, 6.45) is -0.243. The van der Waals surface area contributed by atoms with Gasteiger partial charge in [0.15, 0.2) is 0 Å². The first-order chi connectivity index (χ1) is 12.9. The molecule has 0 amide bonds. The van der Waals surface area contributed by atoms with E-state index in [1.54, 1.807) is 0 Å². The molecule has 2 fully saturated rings. The molecule has 0 radical (unpaired) electrons. The molecule has 3 rings (SSSR count). The molecule has 2 heterocycles. The first-order valence-electron chi connectivity index (χ1n) is 9.33. The van der Waals surface area contributed by atoms with Crippen LogP contribution < -0.4 is 4.72 Å². The monoisotopic (exact) mass is 417 g/mol. The number of nitrogens with one attached hydrogen (secondary N) is 1. The summed E-state index contributed by atoms with van der Waals surface area (Å²) in [5.74, 6) is 0. The van der Waals surface area contributed by atoms with Crippen LogP contribution >= 0.6 is 11.6 Å². The minimum Gasteiger partial charge on any atom is -0.379 e. The van der Waals surface area contributed by atoms with Crippen molar-refractivity contribution in [2.24, 2.45) is 0 Å². The number of nitrogens with zero attached hydrogens (tertiary/aromatic N) is 2. The topological polar surface area (TPSA) is 71.1 Å². The molecule has 7 nitrogen and oxygen atoms in total. The number of benzene rings is 1. The molecule has 27 heavy (non-hydrogen) atoms. The van der Waals surface area contributed by atoms with Gasteiger partial charge in [-0.25, -0.2) is 4.72 Å². The number of halogens is 1. The van der Waals surface area contributed by atoms with E-state index in [-0.39, 0.29) is 24.8 Å². The van der Waals surface area contributed by atoms with Crippen molar-refractivity contribution in [2.45, 2.75) is 32.1 Å². The van der Waals surface area contributed by atoms with Crippen LogP contribution in [0.1, 0.15) is 25.5 Å². The Kier molecular flexibility index (Phi) is 7.13. The smallest absolute Gasteiger partial charge is 0.279 e. The van der Waals surface area contributed by atoms with Gasteiger partial charge in [-0.3, -0.25) is 4.90 Å². The second-order valence-electron chi connectivity index (χ2n) is 7.11. The Morgan fingerprint density at radius 1 is 1.19 bits per heavy atom. The van der Waals surface area contributed by atoms with Crippen molar-refractivity contribution in [1.82, 2.24) is 13.9 Å². The molecular weight excluding hydrogens is 390 g/mol. The molecule has 1 aromatic rings. The lowest BCUT2D eigenvalue weighted by molar-refractivity contribution is -0.0444. The number of hydrogen-bond donors (Lipinski definition) is 1. The van der Waals surface area contributed by atoms with E-state index in [4.69, 9.17) is 21.1 Å². The van der Waals surface area contributed by atoms with Crippen molar-refractivity contribution in [3.05, 3.63) is 34.9 Å². The Morgan fingerprint density at radius 3 is 2.44 bits per heavy atom. The van der Waals surface area contributed by atoms with Crippen molar-refractivity contribution >= 4 is 21.8 Å². The minimum atomic E-state index is -3.60. The van der Waals surface area contributed by atoms with Gasteiger partial charge in [-0.2, -0.15) is 12.7 Å². The molecule has 0 spiro atoms. The van der Waals surface area contributed by atoms with Crippen LogP contribution in [0, 0.1) is 0 Å². The Hall–Kier alpha value is -0.740. The van der Waals surface area contributed by atoms with Crippen molar-refractivity contribution in [3.63, 3.8) is 0 Å². The molecule has 2 saturated heterocycles. The highest BCUT2D eigenvalue weighted by Gasteiger charge is 2.32. The van der Waals surface area contributed by atoms with Crippen LogP contribution in [0.4, 0.5) is 0 Å². The standard InChI is InChI=1S/C18H28ClN3O4S/c1-14-12-22(13-15(2)26-14)27(23,24)20-11-18(21-7-9-25-10-8-21)16-5-3-4-6-17(16)19/h3-6,14-15,18,20H,7-13H2,1-2H3/t14-,15-,18-/m1/s1. The summed E-state index contributed by atoms with van der Waals surface area (Å²) in [7, 11) is -3.60.